The quantitative estimate of drug-likeness (QED) is 0.0214. The molecule has 4 heterocycles. The van der Waals surface area contributed by atoms with Gasteiger partial charge in [-0.25, -0.2) is 15.8 Å². The lowest BCUT2D eigenvalue weighted by Gasteiger charge is -2.32. The molecule has 7 atom stereocenters. The molecule has 0 saturated heterocycles. The molecule has 0 aliphatic carbocycles. The van der Waals surface area contributed by atoms with Gasteiger partial charge in [0.1, 0.15) is 23.6 Å². The first-order valence-corrected chi connectivity index (χ1v) is 30.4. The average molecular weight is 1080 g/mol. The van der Waals surface area contributed by atoms with E-state index in [4.69, 9.17) is 20.4 Å². The highest BCUT2D eigenvalue weighted by molar-refractivity contribution is 6.78. The zero-order chi connectivity index (χ0) is 57.3. The maximum Gasteiger partial charge on any atom is 0.326 e. The maximum absolute atomic E-state index is 13.7. The molecule has 19 nitrogen and oxygen atoms in total. The van der Waals surface area contributed by atoms with Gasteiger partial charge in [-0.05, 0) is 111 Å². The molecule has 20 heteroatoms. The largest absolute Gasteiger partial charge is 0.494 e. The molecule has 2 aromatic rings. The number of nitrogens with zero attached hydrogens (tertiary/aromatic N) is 1. The van der Waals surface area contributed by atoms with Gasteiger partial charge in [0.05, 0.1) is 36.9 Å². The van der Waals surface area contributed by atoms with Gasteiger partial charge in [-0.1, -0.05) is 99.3 Å². The van der Waals surface area contributed by atoms with Crippen LogP contribution in [0, 0.1) is 35.5 Å². The van der Waals surface area contributed by atoms with Crippen LogP contribution in [0.25, 0.3) is 0 Å². The molecule has 4 aliphatic heterocycles. The normalized spacial score (nSPS) is 21.2. The van der Waals surface area contributed by atoms with Crippen LogP contribution >= 0.6 is 0 Å². The number of benzene rings is 2. The number of hydrogen-bond donors (Lipinski definition) is 9. The van der Waals surface area contributed by atoms with Crippen LogP contribution in [0.5, 0.6) is 11.5 Å². The topological polar surface area (TPSA) is 297 Å². The van der Waals surface area contributed by atoms with E-state index in [1.165, 1.54) is 0 Å². The summed E-state index contributed by atoms with van der Waals surface area (Å²) in [6, 6.07) is 11.5. The Morgan fingerprint density at radius 3 is 1.50 bits per heavy atom. The number of carbonyl (C=O) groups excluding carboxylic acids is 6. The van der Waals surface area contributed by atoms with Gasteiger partial charge in [-0.15, -0.1) is 0 Å². The lowest BCUT2D eigenvalue weighted by Crippen LogP contribution is -2.54. The number of ether oxygens (including phenoxy) is 2. The van der Waals surface area contributed by atoms with Crippen molar-refractivity contribution >= 4 is 55.2 Å². The predicted octanol–water partition coefficient (Wildman–Crippen LogP) is 7.17. The third-order valence-corrected chi connectivity index (χ3v) is 18.6. The molecule has 2 aromatic carbocycles. The second-order valence-electron chi connectivity index (χ2n) is 22.8. The van der Waals surface area contributed by atoms with Crippen molar-refractivity contribution in [1.82, 2.24) is 26.9 Å². The number of hydrogen-bond acceptors (Lipinski definition) is 12. The van der Waals surface area contributed by atoms with E-state index in [9.17, 15) is 43.9 Å². The molecular weight excluding hydrogens is 991 g/mol. The Morgan fingerprint density at radius 2 is 1.14 bits per heavy atom. The van der Waals surface area contributed by atoms with Gasteiger partial charge in [0.15, 0.2) is 5.78 Å². The van der Waals surface area contributed by atoms with Crippen molar-refractivity contribution in [1.29, 1.82) is 0 Å². The summed E-state index contributed by atoms with van der Waals surface area (Å²) < 4.78 is 11.5. The Bertz CT molecular complexity index is 2180. The molecule has 76 heavy (non-hydrogen) atoms. The smallest absolute Gasteiger partial charge is 0.326 e. The number of fused-ring (bicyclic) bond motifs is 22. The Kier molecular flexibility index (Phi) is 28.5. The lowest BCUT2D eigenvalue weighted by molar-refractivity contribution is -0.145. The van der Waals surface area contributed by atoms with Gasteiger partial charge >= 0.3 is 5.97 Å². The van der Waals surface area contributed by atoms with Gasteiger partial charge in [0.25, 0.3) is 0 Å². The predicted molar refractivity (Wildman–Crippen MR) is 296 cm³/mol. The van der Waals surface area contributed by atoms with Crippen molar-refractivity contribution in [3.63, 3.8) is 0 Å². The molecule has 0 radical (unpaired) electrons. The minimum Gasteiger partial charge on any atom is -0.494 e. The van der Waals surface area contributed by atoms with Crippen molar-refractivity contribution in [3.8, 4) is 11.5 Å². The summed E-state index contributed by atoms with van der Waals surface area (Å²) in [5, 5.41) is 37.0. The number of aliphatic imine (C=N–C) groups is 1. The Hall–Kier alpha value is -5.86. The fourth-order valence-corrected chi connectivity index (χ4v) is 8.37. The third kappa shape index (κ3) is 23.6. The van der Waals surface area contributed by atoms with Crippen molar-refractivity contribution in [3.05, 3.63) is 59.7 Å². The highest BCUT2D eigenvalue weighted by atomic mass is 28.3. The van der Waals surface area contributed by atoms with E-state index in [-0.39, 0.29) is 36.9 Å². The molecule has 4 bridgehead atoms. The minimum absolute atomic E-state index is 0.0744. The first-order chi connectivity index (χ1) is 35.6. The van der Waals surface area contributed by atoms with Crippen LogP contribution in [0.2, 0.25) is 24.7 Å². The Morgan fingerprint density at radius 1 is 0.737 bits per heavy atom. The maximum atomic E-state index is 13.7. The van der Waals surface area contributed by atoms with E-state index in [0.29, 0.717) is 93.5 Å². The van der Waals surface area contributed by atoms with Crippen LogP contribution in [0.15, 0.2) is 53.5 Å². The molecule has 5 amide bonds. The number of amidine groups is 1. The molecule has 0 aromatic heterocycles. The van der Waals surface area contributed by atoms with Crippen LogP contribution in [0.3, 0.4) is 0 Å². The van der Waals surface area contributed by atoms with Gasteiger partial charge in [-0.3, -0.25) is 44.2 Å². The Balaban J connectivity index is 0.000000474. The average Bonchev–Trinajstić information content (AvgIpc) is 3.35. The molecule has 4 aliphatic rings. The number of ketones is 1. The van der Waals surface area contributed by atoms with E-state index in [1.54, 1.807) is 61.2 Å². The van der Waals surface area contributed by atoms with Gasteiger partial charge < -0.3 is 36.3 Å². The SMILES string of the molecule is CC(C)(C)[Si](C)(C)C.CC(C)C[C@H]1C(=O)N[C@H](C(=O)O)Cc2ccc(cc2)OCCC[C@@H]1C(=O)NO.CCC(=O)[C@H](CCCN=C(C)N)NC(=O)[C@@H]1Cc2ccc(cc2)OCCC[C@H](C(=O)NO)[C@@H](CC(C)C)C(=O)N1. The van der Waals surface area contributed by atoms with Crippen molar-refractivity contribution < 1.29 is 58.6 Å². The number of aliphatic carboxylic acids is 1. The molecule has 0 fully saturated rings. The van der Waals surface area contributed by atoms with Gasteiger partial charge in [0, 0.05) is 45.7 Å². The number of carboxylic acid groups (broad SMARTS) is 1. The van der Waals surface area contributed by atoms with Crippen molar-refractivity contribution in [2.75, 3.05) is 19.8 Å². The van der Waals surface area contributed by atoms with E-state index >= 15 is 0 Å². The van der Waals surface area contributed by atoms with E-state index in [2.05, 4.69) is 61.4 Å². The van der Waals surface area contributed by atoms with Crippen LogP contribution in [-0.2, 0) is 46.4 Å². The first kappa shape index (κ1) is 66.2. The minimum atomic E-state index is -1.15. The van der Waals surface area contributed by atoms with Crippen molar-refractivity contribution in [2.24, 2.45) is 46.2 Å². The fraction of sp³-hybridized carbons (Fsp3) is 0.643. The first-order valence-electron chi connectivity index (χ1n) is 26.9. The number of nitrogens with one attached hydrogen (secondary N) is 5. The number of nitrogens with two attached hydrogens (primary N) is 1. The summed E-state index contributed by atoms with van der Waals surface area (Å²) in [4.78, 5) is 93.7. The summed E-state index contributed by atoms with van der Waals surface area (Å²) in [6.07, 6.45) is 3.88. The molecular formula is C56H91N7O12Si. The monoisotopic (exact) mass is 1080 g/mol. The van der Waals surface area contributed by atoms with Crippen LogP contribution in [0.4, 0.5) is 0 Å². The molecule has 0 unspecified atom stereocenters. The summed E-state index contributed by atoms with van der Waals surface area (Å²) >= 11 is 0. The second-order valence-corrected chi connectivity index (χ2v) is 28.8. The number of hydroxylamine groups is 2. The van der Waals surface area contributed by atoms with Crippen molar-refractivity contribution in [2.45, 2.75) is 176 Å². The highest BCUT2D eigenvalue weighted by Crippen LogP contribution is 2.35. The number of carboxylic acids is 1. The Labute approximate surface area is 452 Å². The number of rotatable bonds is 15. The van der Waals surface area contributed by atoms with E-state index < -0.39 is 85.4 Å². The number of carbonyl (C=O) groups is 7. The summed E-state index contributed by atoms with van der Waals surface area (Å²) in [5.41, 5.74) is 10.5. The van der Waals surface area contributed by atoms with Gasteiger partial charge in [-0.2, -0.15) is 0 Å². The van der Waals surface area contributed by atoms with Crippen LogP contribution in [0.1, 0.15) is 131 Å². The van der Waals surface area contributed by atoms with E-state index in [0.717, 1.165) is 11.1 Å². The molecule has 0 saturated carbocycles. The van der Waals surface area contributed by atoms with Gasteiger partial charge in [0.2, 0.25) is 29.5 Å². The zero-order valence-corrected chi connectivity index (χ0v) is 48.3. The molecule has 10 N–H and O–H groups in total. The van der Waals surface area contributed by atoms with Crippen LogP contribution < -0.4 is 42.1 Å². The third-order valence-electron chi connectivity index (χ3n) is 14.1. The fourth-order valence-electron chi connectivity index (χ4n) is 8.37. The molecule has 6 rings (SSSR count). The standard InChI is InChI=1S/C29H45N5O6.C20H28N2O6.C7H18Si/c1-5-26(35)24(9-6-14-31-19(4)30)32-29(38)25-17-20-10-12-21(13-11-20)40-15-7-8-22(28(37)34-39)23(16-18(2)3)27(36)33-25;1-12(2)10-16-15(19(24)22-27)4-3-9-28-14-7-5-13(6-8-14)11-17(20(25)26)21-18(16)23;1-7(2,3)8(4,5)6/h10-13,18,22-25,39H,5-9,14-17H2,1-4H3,(H2,30,31)(H,32,38)(H,33,36)(H,34,37);5-8,12,15-17,27H,3-4,9-11H2,1-2H3,(H,21,23)(H,22,24)(H,25,26);1-6H3/t22-,23+,24-,25-;15-,16+,17-;/m00./s1. The summed E-state index contributed by atoms with van der Waals surface area (Å²) in [7, 11) is -0.859. The zero-order valence-electron chi connectivity index (χ0n) is 47.3. The lowest BCUT2D eigenvalue weighted by atomic mass is 9.81. The van der Waals surface area contributed by atoms with Crippen LogP contribution in [-0.4, -0.2) is 109 Å². The second kappa shape index (κ2) is 32.7. The van der Waals surface area contributed by atoms with E-state index in [1.807, 2.05) is 39.8 Å². The molecule has 0 spiro atoms. The highest BCUT2D eigenvalue weighted by Gasteiger charge is 2.38. The summed E-state index contributed by atoms with van der Waals surface area (Å²) in [6.45, 7) is 26.5. The number of Topliss-reactive ketones (excluding diaryl/α,β-unsaturated/α-hetero) is 1. The number of amides is 5. The molecule has 426 valence electrons. The summed E-state index contributed by atoms with van der Waals surface area (Å²) in [5.74, 6) is -5.20.